The van der Waals surface area contributed by atoms with Gasteiger partial charge in [0.05, 0.1) is 14.2 Å². The Labute approximate surface area is 173 Å². The molecular formula is C22H29N3O2S. The molecule has 0 spiro atoms. The quantitative estimate of drug-likeness (QED) is 0.770. The largest absolute Gasteiger partial charge is 0.493 e. The summed E-state index contributed by atoms with van der Waals surface area (Å²) < 4.78 is 10.9. The second-order valence-electron chi connectivity index (χ2n) is 7.14. The zero-order chi connectivity index (χ0) is 20.1. The average Bonchev–Trinajstić information content (AvgIpc) is 2.71. The van der Waals surface area contributed by atoms with Gasteiger partial charge in [-0.3, -0.25) is 4.90 Å². The summed E-state index contributed by atoms with van der Waals surface area (Å²) in [6.07, 6.45) is 0. The SMILES string of the molecule is COc1cc(C)c(CN2CCN(C(=S)Nc3ccccc3C)CC2)cc1OC. The van der Waals surface area contributed by atoms with Crippen LogP contribution in [0.4, 0.5) is 5.69 Å². The molecule has 0 bridgehead atoms. The molecule has 150 valence electrons. The number of nitrogens with one attached hydrogen (secondary N) is 1. The second-order valence-corrected chi connectivity index (χ2v) is 7.53. The van der Waals surface area contributed by atoms with Gasteiger partial charge in [-0.25, -0.2) is 0 Å². The smallest absolute Gasteiger partial charge is 0.173 e. The number of aryl methyl sites for hydroxylation is 2. The Bertz CT molecular complexity index is 833. The third kappa shape index (κ3) is 4.75. The van der Waals surface area contributed by atoms with Crippen molar-refractivity contribution in [2.75, 3.05) is 45.7 Å². The van der Waals surface area contributed by atoms with Crippen LogP contribution in [0, 0.1) is 13.8 Å². The zero-order valence-electron chi connectivity index (χ0n) is 17.1. The summed E-state index contributed by atoms with van der Waals surface area (Å²) in [5, 5.41) is 4.19. The maximum atomic E-state index is 5.63. The van der Waals surface area contributed by atoms with Gasteiger partial charge in [0.2, 0.25) is 0 Å². The number of methoxy groups -OCH3 is 2. The van der Waals surface area contributed by atoms with Crippen LogP contribution in [0.15, 0.2) is 36.4 Å². The number of benzene rings is 2. The molecule has 2 aromatic rings. The van der Waals surface area contributed by atoms with Crippen molar-refractivity contribution in [1.29, 1.82) is 0 Å². The highest BCUT2D eigenvalue weighted by molar-refractivity contribution is 7.80. The topological polar surface area (TPSA) is 37.0 Å². The van der Waals surface area contributed by atoms with Gasteiger partial charge in [0.1, 0.15) is 0 Å². The van der Waals surface area contributed by atoms with E-state index in [4.69, 9.17) is 21.7 Å². The van der Waals surface area contributed by atoms with Crippen LogP contribution >= 0.6 is 12.2 Å². The van der Waals surface area contributed by atoms with E-state index in [9.17, 15) is 0 Å². The van der Waals surface area contributed by atoms with Crippen molar-refractivity contribution in [2.45, 2.75) is 20.4 Å². The first-order chi connectivity index (χ1) is 13.5. The summed E-state index contributed by atoms with van der Waals surface area (Å²) in [7, 11) is 3.35. The first kappa shape index (κ1) is 20.4. The molecule has 1 saturated heterocycles. The van der Waals surface area contributed by atoms with Crippen LogP contribution in [-0.2, 0) is 6.54 Å². The number of hydrogen-bond acceptors (Lipinski definition) is 4. The molecule has 1 N–H and O–H groups in total. The van der Waals surface area contributed by atoms with Crippen LogP contribution < -0.4 is 14.8 Å². The van der Waals surface area contributed by atoms with E-state index >= 15 is 0 Å². The predicted octanol–water partition coefficient (Wildman–Crippen LogP) is 3.84. The van der Waals surface area contributed by atoms with E-state index in [1.165, 1.54) is 16.7 Å². The van der Waals surface area contributed by atoms with Crippen molar-refractivity contribution in [3.63, 3.8) is 0 Å². The molecule has 0 saturated carbocycles. The molecule has 28 heavy (non-hydrogen) atoms. The molecule has 0 aliphatic carbocycles. The minimum absolute atomic E-state index is 0.779. The highest BCUT2D eigenvalue weighted by atomic mass is 32.1. The number of rotatable bonds is 5. The number of ether oxygens (including phenoxy) is 2. The summed E-state index contributed by atoms with van der Waals surface area (Å²) in [5.74, 6) is 1.56. The van der Waals surface area contributed by atoms with E-state index in [-0.39, 0.29) is 0 Å². The number of anilines is 1. The molecule has 0 unspecified atom stereocenters. The zero-order valence-corrected chi connectivity index (χ0v) is 17.9. The average molecular weight is 400 g/mol. The van der Waals surface area contributed by atoms with Gasteiger partial charge in [0.25, 0.3) is 0 Å². The first-order valence-electron chi connectivity index (χ1n) is 9.57. The van der Waals surface area contributed by atoms with Crippen molar-refractivity contribution in [1.82, 2.24) is 9.80 Å². The Balaban J connectivity index is 1.57. The molecule has 1 fully saturated rings. The number of hydrogen-bond donors (Lipinski definition) is 1. The number of para-hydroxylation sites is 1. The lowest BCUT2D eigenvalue weighted by Gasteiger charge is -2.36. The fourth-order valence-electron chi connectivity index (χ4n) is 3.45. The van der Waals surface area contributed by atoms with Gasteiger partial charge in [0, 0.05) is 38.4 Å². The van der Waals surface area contributed by atoms with Gasteiger partial charge in [-0.2, -0.15) is 0 Å². The van der Waals surface area contributed by atoms with Gasteiger partial charge >= 0.3 is 0 Å². The number of piperazine rings is 1. The highest BCUT2D eigenvalue weighted by Gasteiger charge is 2.20. The van der Waals surface area contributed by atoms with Crippen molar-refractivity contribution >= 4 is 23.0 Å². The standard InChI is InChI=1S/C22H29N3O2S/c1-16-7-5-6-8-19(16)23-22(28)25-11-9-24(10-12-25)15-18-14-21(27-4)20(26-3)13-17(18)2/h5-8,13-14H,9-12,15H2,1-4H3,(H,23,28). The van der Waals surface area contributed by atoms with Crippen LogP contribution in [0.1, 0.15) is 16.7 Å². The first-order valence-corrected chi connectivity index (χ1v) is 9.98. The fraction of sp³-hybridized carbons (Fsp3) is 0.409. The Hall–Kier alpha value is -2.31. The molecular weight excluding hydrogens is 370 g/mol. The van der Waals surface area contributed by atoms with Gasteiger partial charge in [0.15, 0.2) is 16.6 Å². The Morgan fingerprint density at radius 2 is 1.61 bits per heavy atom. The van der Waals surface area contributed by atoms with Crippen LogP contribution in [0.3, 0.4) is 0 Å². The molecule has 5 nitrogen and oxygen atoms in total. The number of thiocarbonyl (C=S) groups is 1. The molecule has 3 rings (SSSR count). The molecule has 2 aromatic carbocycles. The van der Waals surface area contributed by atoms with Gasteiger partial charge in [-0.05, 0) is 61.0 Å². The van der Waals surface area contributed by atoms with Crippen molar-refractivity contribution < 1.29 is 9.47 Å². The molecule has 0 aromatic heterocycles. The second kappa shape index (κ2) is 9.26. The summed E-state index contributed by atoms with van der Waals surface area (Å²) in [4.78, 5) is 4.71. The van der Waals surface area contributed by atoms with E-state index in [0.29, 0.717) is 0 Å². The molecule has 0 radical (unpaired) electrons. The lowest BCUT2D eigenvalue weighted by molar-refractivity contribution is 0.176. The minimum atomic E-state index is 0.779. The maximum absolute atomic E-state index is 5.63. The monoisotopic (exact) mass is 399 g/mol. The maximum Gasteiger partial charge on any atom is 0.173 e. The van der Waals surface area contributed by atoms with Gasteiger partial charge in [-0.15, -0.1) is 0 Å². The van der Waals surface area contributed by atoms with Crippen molar-refractivity contribution in [3.8, 4) is 11.5 Å². The van der Waals surface area contributed by atoms with E-state index in [2.05, 4.69) is 47.2 Å². The minimum Gasteiger partial charge on any atom is -0.493 e. The van der Waals surface area contributed by atoms with E-state index < -0.39 is 0 Å². The molecule has 0 amide bonds. The lowest BCUT2D eigenvalue weighted by Crippen LogP contribution is -2.49. The van der Waals surface area contributed by atoms with E-state index in [1.54, 1.807) is 14.2 Å². The molecule has 1 heterocycles. The van der Waals surface area contributed by atoms with Crippen LogP contribution in [0.25, 0.3) is 0 Å². The third-order valence-electron chi connectivity index (χ3n) is 5.28. The Morgan fingerprint density at radius 3 is 2.25 bits per heavy atom. The summed E-state index contributed by atoms with van der Waals surface area (Å²) in [6.45, 7) is 8.90. The molecule has 6 heteroatoms. The van der Waals surface area contributed by atoms with Gasteiger partial charge in [-0.1, -0.05) is 18.2 Å². The molecule has 0 atom stereocenters. The van der Waals surface area contributed by atoms with Gasteiger partial charge < -0.3 is 19.7 Å². The predicted molar refractivity (Wildman–Crippen MR) is 119 cm³/mol. The Kier molecular flexibility index (Phi) is 6.75. The van der Waals surface area contributed by atoms with Crippen LogP contribution in [0.2, 0.25) is 0 Å². The third-order valence-corrected chi connectivity index (χ3v) is 5.64. The van der Waals surface area contributed by atoms with Crippen LogP contribution in [0.5, 0.6) is 11.5 Å². The molecule has 1 aliphatic heterocycles. The Morgan fingerprint density at radius 1 is 0.964 bits per heavy atom. The highest BCUT2D eigenvalue weighted by Crippen LogP contribution is 2.31. The fourth-order valence-corrected chi connectivity index (χ4v) is 3.74. The van der Waals surface area contributed by atoms with Crippen molar-refractivity contribution in [2.24, 2.45) is 0 Å². The summed E-state index contributed by atoms with van der Waals surface area (Å²) in [6, 6.07) is 12.4. The molecule has 1 aliphatic rings. The van der Waals surface area contributed by atoms with Crippen molar-refractivity contribution in [3.05, 3.63) is 53.1 Å². The lowest BCUT2D eigenvalue weighted by atomic mass is 10.1. The van der Waals surface area contributed by atoms with E-state index in [1.807, 2.05) is 18.2 Å². The number of nitrogens with zero attached hydrogens (tertiary/aromatic N) is 2. The van der Waals surface area contributed by atoms with Crippen LogP contribution in [-0.4, -0.2) is 55.3 Å². The summed E-state index contributed by atoms with van der Waals surface area (Å²) >= 11 is 5.63. The van der Waals surface area contributed by atoms with E-state index in [0.717, 1.165) is 55.0 Å². The normalized spacial score (nSPS) is 14.6. The summed E-state index contributed by atoms with van der Waals surface area (Å²) in [5.41, 5.74) is 4.77.